The standard InChI is InChI=1S/C11H16N2O3S/c1-4-13-10-7(11(15)16-5-2)8(12)9(17-10)6(3)14/h13H,4-5,12H2,1-3H3. The number of hydrogen-bond acceptors (Lipinski definition) is 6. The van der Waals surface area contributed by atoms with Gasteiger partial charge in [0.05, 0.1) is 17.2 Å². The quantitative estimate of drug-likeness (QED) is 0.623. The molecular weight excluding hydrogens is 240 g/mol. The van der Waals surface area contributed by atoms with Crippen molar-refractivity contribution < 1.29 is 14.3 Å². The van der Waals surface area contributed by atoms with Crippen molar-refractivity contribution in [3.05, 3.63) is 10.4 Å². The molecule has 0 aliphatic heterocycles. The number of carbonyl (C=O) groups excluding carboxylic acids is 2. The minimum absolute atomic E-state index is 0.151. The second-order valence-electron chi connectivity index (χ2n) is 3.36. The van der Waals surface area contributed by atoms with E-state index in [9.17, 15) is 9.59 Å². The van der Waals surface area contributed by atoms with Crippen molar-refractivity contribution in [1.82, 2.24) is 0 Å². The number of hydrogen-bond donors (Lipinski definition) is 2. The number of nitrogen functional groups attached to an aromatic ring is 1. The third-order valence-corrected chi connectivity index (χ3v) is 3.35. The Morgan fingerprint density at radius 3 is 2.53 bits per heavy atom. The van der Waals surface area contributed by atoms with Crippen LogP contribution in [0.1, 0.15) is 40.8 Å². The Bertz CT molecular complexity index is 440. The average molecular weight is 256 g/mol. The number of ketones is 1. The lowest BCUT2D eigenvalue weighted by atomic mass is 10.2. The summed E-state index contributed by atoms with van der Waals surface area (Å²) >= 11 is 1.19. The third-order valence-electron chi connectivity index (χ3n) is 2.08. The number of anilines is 2. The molecule has 0 aliphatic carbocycles. The summed E-state index contributed by atoms with van der Waals surface area (Å²) in [5.74, 6) is -0.646. The molecule has 1 aromatic heterocycles. The van der Waals surface area contributed by atoms with Crippen LogP contribution >= 0.6 is 11.3 Å². The maximum atomic E-state index is 11.8. The van der Waals surface area contributed by atoms with Gasteiger partial charge in [0, 0.05) is 13.5 Å². The summed E-state index contributed by atoms with van der Waals surface area (Å²) in [4.78, 5) is 23.5. The second-order valence-corrected chi connectivity index (χ2v) is 4.38. The van der Waals surface area contributed by atoms with Gasteiger partial charge < -0.3 is 15.8 Å². The highest BCUT2D eigenvalue weighted by molar-refractivity contribution is 7.19. The zero-order valence-electron chi connectivity index (χ0n) is 10.1. The SMILES string of the molecule is CCNc1sc(C(C)=O)c(N)c1C(=O)OCC. The van der Waals surface area contributed by atoms with Crippen molar-refractivity contribution in [2.45, 2.75) is 20.8 Å². The Balaban J connectivity index is 3.24. The summed E-state index contributed by atoms with van der Waals surface area (Å²) < 4.78 is 4.93. The van der Waals surface area contributed by atoms with Crippen LogP contribution in [-0.4, -0.2) is 24.9 Å². The predicted molar refractivity (Wildman–Crippen MR) is 68.9 cm³/mol. The van der Waals surface area contributed by atoms with Crippen LogP contribution < -0.4 is 11.1 Å². The van der Waals surface area contributed by atoms with E-state index in [1.54, 1.807) is 6.92 Å². The Morgan fingerprint density at radius 2 is 2.06 bits per heavy atom. The number of Topliss-reactive ketones (excluding diaryl/α,β-unsaturated/α-hetero) is 1. The highest BCUT2D eigenvalue weighted by Crippen LogP contribution is 2.36. The minimum atomic E-state index is -0.496. The fourth-order valence-corrected chi connectivity index (χ4v) is 2.47. The number of nitrogens with two attached hydrogens (primary N) is 1. The molecule has 5 nitrogen and oxygen atoms in total. The van der Waals surface area contributed by atoms with E-state index < -0.39 is 5.97 Å². The first-order valence-electron chi connectivity index (χ1n) is 5.37. The first-order valence-corrected chi connectivity index (χ1v) is 6.18. The van der Waals surface area contributed by atoms with Crippen LogP contribution in [0, 0.1) is 0 Å². The maximum absolute atomic E-state index is 11.8. The molecule has 0 unspecified atom stereocenters. The molecule has 6 heteroatoms. The monoisotopic (exact) mass is 256 g/mol. The van der Waals surface area contributed by atoms with Gasteiger partial charge >= 0.3 is 5.97 Å². The molecule has 17 heavy (non-hydrogen) atoms. The molecule has 0 radical (unpaired) electrons. The molecule has 0 bridgehead atoms. The van der Waals surface area contributed by atoms with Crippen molar-refractivity contribution >= 4 is 33.8 Å². The second kappa shape index (κ2) is 5.67. The van der Waals surface area contributed by atoms with Crippen molar-refractivity contribution in [3.63, 3.8) is 0 Å². The van der Waals surface area contributed by atoms with Gasteiger partial charge in [-0.05, 0) is 13.8 Å². The number of ether oxygens (including phenoxy) is 1. The molecule has 0 fully saturated rings. The summed E-state index contributed by atoms with van der Waals surface area (Å²) in [7, 11) is 0. The van der Waals surface area contributed by atoms with Gasteiger partial charge in [0.15, 0.2) is 5.78 Å². The van der Waals surface area contributed by atoms with Crippen LogP contribution in [0.2, 0.25) is 0 Å². The van der Waals surface area contributed by atoms with E-state index >= 15 is 0 Å². The molecule has 3 N–H and O–H groups in total. The molecule has 0 aromatic carbocycles. The fraction of sp³-hybridized carbons (Fsp3) is 0.455. The van der Waals surface area contributed by atoms with E-state index in [1.807, 2.05) is 6.92 Å². The average Bonchev–Trinajstić information content (AvgIpc) is 2.56. The van der Waals surface area contributed by atoms with Crippen LogP contribution in [0.3, 0.4) is 0 Å². The first-order chi connectivity index (χ1) is 8.02. The lowest BCUT2D eigenvalue weighted by Gasteiger charge is -2.05. The zero-order valence-corrected chi connectivity index (χ0v) is 10.9. The Kier molecular flexibility index (Phi) is 4.51. The van der Waals surface area contributed by atoms with Crippen molar-refractivity contribution in [2.75, 3.05) is 24.2 Å². The molecule has 0 spiro atoms. The van der Waals surface area contributed by atoms with E-state index in [0.717, 1.165) is 0 Å². The van der Waals surface area contributed by atoms with Crippen LogP contribution in [0.5, 0.6) is 0 Å². The topological polar surface area (TPSA) is 81.4 Å². The summed E-state index contributed by atoms with van der Waals surface area (Å²) in [5.41, 5.74) is 6.29. The molecule has 0 atom stereocenters. The molecule has 0 saturated carbocycles. The third kappa shape index (κ3) is 2.76. The summed E-state index contributed by atoms with van der Waals surface area (Å²) in [6.45, 7) is 5.96. The first kappa shape index (κ1) is 13.5. The number of carbonyl (C=O) groups is 2. The highest BCUT2D eigenvalue weighted by Gasteiger charge is 2.24. The van der Waals surface area contributed by atoms with Gasteiger partial charge in [-0.3, -0.25) is 4.79 Å². The molecule has 0 amide bonds. The van der Waals surface area contributed by atoms with Gasteiger partial charge in [-0.25, -0.2) is 4.79 Å². The number of nitrogens with one attached hydrogen (secondary N) is 1. The summed E-state index contributed by atoms with van der Waals surface area (Å²) in [6, 6.07) is 0. The van der Waals surface area contributed by atoms with Gasteiger partial charge in [-0.15, -0.1) is 11.3 Å². The molecule has 1 rings (SSSR count). The van der Waals surface area contributed by atoms with Crippen LogP contribution in [0.4, 0.5) is 10.7 Å². The lowest BCUT2D eigenvalue weighted by Crippen LogP contribution is -2.10. The summed E-state index contributed by atoms with van der Waals surface area (Å²) in [5, 5.41) is 3.61. The molecule has 0 aliphatic rings. The van der Waals surface area contributed by atoms with Crippen molar-refractivity contribution in [3.8, 4) is 0 Å². The molecule has 0 saturated heterocycles. The maximum Gasteiger partial charge on any atom is 0.343 e. The molecule has 1 heterocycles. The normalized spacial score (nSPS) is 10.1. The highest BCUT2D eigenvalue weighted by atomic mass is 32.1. The van der Waals surface area contributed by atoms with E-state index in [-0.39, 0.29) is 23.6 Å². The Labute approximate surface area is 104 Å². The van der Waals surface area contributed by atoms with Gasteiger partial charge in [-0.1, -0.05) is 0 Å². The largest absolute Gasteiger partial charge is 0.462 e. The van der Waals surface area contributed by atoms with E-state index in [1.165, 1.54) is 18.3 Å². The van der Waals surface area contributed by atoms with Crippen LogP contribution in [0.25, 0.3) is 0 Å². The van der Waals surface area contributed by atoms with Crippen LogP contribution in [0.15, 0.2) is 0 Å². The Hall–Kier alpha value is -1.56. The van der Waals surface area contributed by atoms with Crippen LogP contribution in [-0.2, 0) is 4.74 Å². The number of thiophene rings is 1. The lowest BCUT2D eigenvalue weighted by molar-refractivity contribution is 0.0529. The number of rotatable bonds is 5. The molecule has 94 valence electrons. The zero-order chi connectivity index (χ0) is 13.0. The van der Waals surface area contributed by atoms with Gasteiger partial charge in [0.2, 0.25) is 0 Å². The van der Waals surface area contributed by atoms with Crippen molar-refractivity contribution in [2.24, 2.45) is 0 Å². The smallest absolute Gasteiger partial charge is 0.343 e. The fourth-order valence-electron chi connectivity index (χ4n) is 1.40. The summed E-state index contributed by atoms with van der Waals surface area (Å²) in [6.07, 6.45) is 0. The number of esters is 1. The van der Waals surface area contributed by atoms with E-state index in [4.69, 9.17) is 10.5 Å². The predicted octanol–water partition coefficient (Wildman–Crippen LogP) is 2.14. The molecule has 1 aromatic rings. The van der Waals surface area contributed by atoms with Gasteiger partial charge in [0.1, 0.15) is 10.6 Å². The van der Waals surface area contributed by atoms with Gasteiger partial charge in [0.25, 0.3) is 0 Å². The van der Waals surface area contributed by atoms with Gasteiger partial charge in [-0.2, -0.15) is 0 Å². The van der Waals surface area contributed by atoms with Crippen molar-refractivity contribution in [1.29, 1.82) is 0 Å². The Morgan fingerprint density at radius 1 is 1.41 bits per heavy atom. The minimum Gasteiger partial charge on any atom is -0.462 e. The van der Waals surface area contributed by atoms with E-state index in [0.29, 0.717) is 16.4 Å². The van der Waals surface area contributed by atoms with E-state index in [2.05, 4.69) is 5.32 Å². The molecular formula is C11H16N2O3S.